The van der Waals surface area contributed by atoms with Gasteiger partial charge in [0, 0.05) is 24.8 Å². The third-order valence-electron chi connectivity index (χ3n) is 3.97. The highest BCUT2D eigenvalue weighted by Crippen LogP contribution is 2.21. The van der Waals surface area contributed by atoms with Crippen molar-refractivity contribution in [1.82, 2.24) is 15.3 Å². The largest absolute Gasteiger partial charge is 0.345 e. The maximum absolute atomic E-state index is 12.6. The van der Waals surface area contributed by atoms with Crippen LogP contribution in [0.5, 0.6) is 0 Å². The Morgan fingerprint density at radius 2 is 1.62 bits per heavy atom. The topological polar surface area (TPSA) is 54.9 Å². The Bertz CT molecular complexity index is 764. The molecule has 0 aliphatic rings. The lowest BCUT2D eigenvalue weighted by Crippen LogP contribution is -2.30. The molecule has 1 N–H and O–H groups in total. The first kappa shape index (κ1) is 15.9. The molecule has 0 aliphatic heterocycles. The molecular formula is C20H19N3O. The number of pyridine rings is 2. The van der Waals surface area contributed by atoms with Crippen LogP contribution in [0.25, 0.3) is 0 Å². The van der Waals surface area contributed by atoms with Gasteiger partial charge in [0.2, 0.25) is 5.91 Å². The van der Waals surface area contributed by atoms with E-state index in [0.29, 0.717) is 6.42 Å². The summed E-state index contributed by atoms with van der Waals surface area (Å²) in [6.45, 7) is 1.97. The summed E-state index contributed by atoms with van der Waals surface area (Å²) in [5, 5.41) is 3.14. The van der Waals surface area contributed by atoms with Gasteiger partial charge in [0.05, 0.1) is 12.5 Å². The van der Waals surface area contributed by atoms with Crippen LogP contribution < -0.4 is 5.32 Å². The van der Waals surface area contributed by atoms with Crippen molar-refractivity contribution in [3.05, 3.63) is 95.6 Å². The van der Waals surface area contributed by atoms with Gasteiger partial charge in [-0.3, -0.25) is 14.8 Å². The van der Waals surface area contributed by atoms with Gasteiger partial charge >= 0.3 is 0 Å². The van der Waals surface area contributed by atoms with Gasteiger partial charge in [-0.2, -0.15) is 0 Å². The molecular weight excluding hydrogens is 298 g/mol. The summed E-state index contributed by atoms with van der Waals surface area (Å²) in [6.07, 6.45) is 7.31. The average molecular weight is 317 g/mol. The number of nitrogens with zero attached hydrogens (tertiary/aromatic N) is 2. The number of aromatic nitrogens is 2. The van der Waals surface area contributed by atoms with E-state index < -0.39 is 0 Å². The summed E-state index contributed by atoms with van der Waals surface area (Å²) < 4.78 is 0. The fraction of sp³-hybridized carbons (Fsp3) is 0.150. The zero-order chi connectivity index (χ0) is 16.8. The highest BCUT2D eigenvalue weighted by Gasteiger charge is 2.17. The second-order valence-electron chi connectivity index (χ2n) is 5.67. The Kier molecular flexibility index (Phi) is 4.96. The van der Waals surface area contributed by atoms with E-state index in [2.05, 4.69) is 15.3 Å². The first-order valence-electron chi connectivity index (χ1n) is 7.88. The minimum absolute atomic E-state index is 0.0186. The zero-order valence-electron chi connectivity index (χ0n) is 13.5. The molecule has 3 aromatic rings. The number of nitrogens with one attached hydrogen (secondary N) is 1. The maximum atomic E-state index is 12.6. The molecule has 1 aromatic carbocycles. The summed E-state index contributed by atoms with van der Waals surface area (Å²) >= 11 is 0. The molecule has 2 aromatic heterocycles. The molecule has 2 heterocycles. The van der Waals surface area contributed by atoms with Gasteiger partial charge in [-0.05, 0) is 47.4 Å². The number of carbonyl (C=O) groups excluding carboxylic acids is 1. The molecule has 0 radical (unpaired) electrons. The minimum Gasteiger partial charge on any atom is -0.345 e. The number of hydrogen-bond donors (Lipinski definition) is 1. The number of amides is 1. The third kappa shape index (κ3) is 3.84. The smallest absolute Gasteiger partial charge is 0.225 e. The van der Waals surface area contributed by atoms with Crippen molar-refractivity contribution in [2.75, 3.05) is 0 Å². The second-order valence-corrected chi connectivity index (χ2v) is 5.67. The second kappa shape index (κ2) is 7.51. The van der Waals surface area contributed by atoms with E-state index in [1.54, 1.807) is 24.8 Å². The summed E-state index contributed by atoms with van der Waals surface area (Å²) in [4.78, 5) is 20.7. The van der Waals surface area contributed by atoms with E-state index in [9.17, 15) is 4.79 Å². The number of benzene rings is 1. The van der Waals surface area contributed by atoms with Crippen LogP contribution in [0.4, 0.5) is 0 Å². The van der Waals surface area contributed by atoms with Gasteiger partial charge in [-0.1, -0.05) is 30.3 Å². The van der Waals surface area contributed by atoms with Gasteiger partial charge in [0.15, 0.2) is 0 Å². The molecule has 1 atom stereocenters. The molecule has 0 fully saturated rings. The van der Waals surface area contributed by atoms with Crippen molar-refractivity contribution in [2.45, 2.75) is 19.4 Å². The van der Waals surface area contributed by atoms with Gasteiger partial charge in [0.25, 0.3) is 0 Å². The van der Waals surface area contributed by atoms with Crippen molar-refractivity contribution >= 4 is 5.91 Å². The summed E-state index contributed by atoms with van der Waals surface area (Å²) in [7, 11) is 0. The molecule has 0 saturated carbocycles. The Hall–Kier alpha value is -3.01. The lowest BCUT2D eigenvalue weighted by molar-refractivity contribution is -0.120. The van der Waals surface area contributed by atoms with Crippen molar-refractivity contribution < 1.29 is 4.79 Å². The fourth-order valence-electron chi connectivity index (χ4n) is 2.65. The van der Waals surface area contributed by atoms with E-state index in [1.165, 1.54) is 0 Å². The van der Waals surface area contributed by atoms with Crippen molar-refractivity contribution in [2.24, 2.45) is 0 Å². The lowest BCUT2D eigenvalue weighted by Gasteiger charge is -2.20. The average Bonchev–Trinajstić information content (AvgIpc) is 2.63. The normalized spacial score (nSPS) is 11.7. The van der Waals surface area contributed by atoms with Crippen LogP contribution in [0.15, 0.2) is 73.3 Å². The standard InChI is InChI=1S/C20H19N3O/c1-15-14-22-12-9-18(15)13-19(24)23-20(16-5-3-2-4-6-16)17-7-10-21-11-8-17/h2-12,14,20H,13H2,1H3,(H,23,24)/t20-/m0/s1. The van der Waals surface area contributed by atoms with E-state index in [-0.39, 0.29) is 11.9 Å². The molecule has 1 amide bonds. The number of carbonyl (C=O) groups is 1. The molecule has 0 spiro atoms. The highest BCUT2D eigenvalue weighted by atomic mass is 16.1. The van der Waals surface area contributed by atoms with Crippen LogP contribution in [-0.2, 0) is 11.2 Å². The highest BCUT2D eigenvalue weighted by molar-refractivity contribution is 5.79. The van der Waals surface area contributed by atoms with Gasteiger partial charge in [-0.15, -0.1) is 0 Å². The first-order valence-corrected chi connectivity index (χ1v) is 7.88. The molecule has 24 heavy (non-hydrogen) atoms. The van der Waals surface area contributed by atoms with Crippen LogP contribution in [0.3, 0.4) is 0 Å². The summed E-state index contributed by atoms with van der Waals surface area (Å²) in [5.74, 6) is -0.0186. The van der Waals surface area contributed by atoms with Crippen molar-refractivity contribution in [3.8, 4) is 0 Å². The molecule has 0 bridgehead atoms. The summed E-state index contributed by atoms with van der Waals surface area (Å²) in [5.41, 5.74) is 4.07. The predicted octanol–water partition coefficient (Wildman–Crippen LogP) is 3.23. The van der Waals surface area contributed by atoms with Crippen LogP contribution in [0, 0.1) is 6.92 Å². The van der Waals surface area contributed by atoms with Crippen LogP contribution in [-0.4, -0.2) is 15.9 Å². The van der Waals surface area contributed by atoms with Crippen LogP contribution >= 0.6 is 0 Å². The van der Waals surface area contributed by atoms with Crippen LogP contribution in [0.1, 0.15) is 28.3 Å². The fourth-order valence-corrected chi connectivity index (χ4v) is 2.65. The lowest BCUT2D eigenvalue weighted by atomic mass is 9.99. The first-order chi connectivity index (χ1) is 11.7. The van der Waals surface area contributed by atoms with Crippen LogP contribution in [0.2, 0.25) is 0 Å². The number of rotatable bonds is 5. The monoisotopic (exact) mass is 317 g/mol. The maximum Gasteiger partial charge on any atom is 0.225 e. The van der Waals surface area contributed by atoms with Gasteiger partial charge in [0.1, 0.15) is 0 Å². The Morgan fingerprint density at radius 1 is 0.958 bits per heavy atom. The van der Waals surface area contributed by atoms with Crippen molar-refractivity contribution in [3.63, 3.8) is 0 Å². The summed E-state index contributed by atoms with van der Waals surface area (Å²) in [6, 6.07) is 15.5. The Balaban J connectivity index is 1.82. The zero-order valence-corrected chi connectivity index (χ0v) is 13.5. The minimum atomic E-state index is -0.191. The third-order valence-corrected chi connectivity index (χ3v) is 3.97. The number of hydrogen-bond acceptors (Lipinski definition) is 3. The van der Waals surface area contributed by atoms with Gasteiger partial charge in [-0.25, -0.2) is 0 Å². The molecule has 3 rings (SSSR count). The van der Waals surface area contributed by atoms with Crippen molar-refractivity contribution in [1.29, 1.82) is 0 Å². The van der Waals surface area contributed by atoms with Gasteiger partial charge < -0.3 is 5.32 Å². The van der Waals surface area contributed by atoms with E-state index in [0.717, 1.165) is 22.3 Å². The molecule has 4 nitrogen and oxygen atoms in total. The SMILES string of the molecule is Cc1cnccc1CC(=O)N[C@@H](c1ccccc1)c1ccncc1. The molecule has 0 unspecified atom stereocenters. The molecule has 4 heteroatoms. The Labute approximate surface area is 141 Å². The quantitative estimate of drug-likeness (QED) is 0.786. The van der Waals surface area contributed by atoms with E-state index >= 15 is 0 Å². The van der Waals surface area contributed by atoms with E-state index in [1.807, 2.05) is 55.5 Å². The predicted molar refractivity (Wildman–Crippen MR) is 93.3 cm³/mol. The Morgan fingerprint density at radius 3 is 2.33 bits per heavy atom. The molecule has 0 saturated heterocycles. The molecule has 0 aliphatic carbocycles. The van der Waals surface area contributed by atoms with E-state index in [4.69, 9.17) is 0 Å². The number of aryl methyl sites for hydroxylation is 1. The molecule has 120 valence electrons.